The largest absolute Gasteiger partial charge is 0.311 e. The van der Waals surface area contributed by atoms with E-state index in [-0.39, 0.29) is 0 Å². The molecule has 1 N–H and O–H groups in total. The molecule has 2 aliphatic rings. The third kappa shape index (κ3) is 3.70. The lowest BCUT2D eigenvalue weighted by Gasteiger charge is -2.33. The smallest absolute Gasteiger partial charge is 0.0249 e. The summed E-state index contributed by atoms with van der Waals surface area (Å²) in [4.78, 5) is 0. The van der Waals surface area contributed by atoms with E-state index in [1.807, 2.05) is 0 Å². The number of hydrogen-bond acceptors (Lipinski definition) is 2. The van der Waals surface area contributed by atoms with Gasteiger partial charge in [0.05, 0.1) is 0 Å². The average Bonchev–Trinajstić information content (AvgIpc) is 2.51. The minimum Gasteiger partial charge on any atom is -0.311 e. The summed E-state index contributed by atoms with van der Waals surface area (Å²) in [6, 6.07) is 12.3. The summed E-state index contributed by atoms with van der Waals surface area (Å²) < 4.78 is 11.4. The molecule has 3 heteroatoms. The maximum Gasteiger partial charge on any atom is 0.0249 e. The van der Waals surface area contributed by atoms with E-state index < -0.39 is 10.8 Å². The van der Waals surface area contributed by atoms with Gasteiger partial charge in [0.2, 0.25) is 0 Å². The van der Waals surface area contributed by atoms with Crippen molar-refractivity contribution in [2.24, 2.45) is 0 Å². The van der Waals surface area contributed by atoms with Crippen molar-refractivity contribution in [2.75, 3.05) is 11.5 Å². The van der Waals surface area contributed by atoms with E-state index in [0.29, 0.717) is 12.1 Å². The maximum absolute atomic E-state index is 11.4. The lowest BCUT2D eigenvalue weighted by molar-refractivity contribution is 0.305. The van der Waals surface area contributed by atoms with E-state index in [0.717, 1.165) is 30.3 Å². The van der Waals surface area contributed by atoms with Crippen LogP contribution in [-0.4, -0.2) is 27.8 Å². The molecule has 1 aromatic carbocycles. The fourth-order valence-corrected chi connectivity index (χ4v) is 4.91. The number of benzene rings is 1. The highest BCUT2D eigenvalue weighted by molar-refractivity contribution is 7.85. The Hall–Kier alpha value is -0.670. The Labute approximate surface area is 124 Å². The molecule has 20 heavy (non-hydrogen) atoms. The van der Waals surface area contributed by atoms with Crippen LogP contribution in [0.1, 0.15) is 50.0 Å². The van der Waals surface area contributed by atoms with Crippen LogP contribution in [0.15, 0.2) is 30.3 Å². The summed E-state index contributed by atoms with van der Waals surface area (Å²) in [6.45, 7) is 0. The van der Waals surface area contributed by atoms with Crippen LogP contribution in [-0.2, 0) is 10.8 Å². The monoisotopic (exact) mass is 291 g/mol. The second-order valence-electron chi connectivity index (χ2n) is 6.25. The van der Waals surface area contributed by atoms with Gasteiger partial charge >= 0.3 is 0 Å². The quantitative estimate of drug-likeness (QED) is 0.926. The fraction of sp³-hybridized carbons (Fsp3) is 0.647. The van der Waals surface area contributed by atoms with Crippen LogP contribution >= 0.6 is 0 Å². The molecule has 1 aromatic rings. The van der Waals surface area contributed by atoms with Gasteiger partial charge in [0, 0.05) is 34.4 Å². The second kappa shape index (κ2) is 6.86. The number of nitrogens with one attached hydrogen (secondary N) is 1. The summed E-state index contributed by atoms with van der Waals surface area (Å²) in [5, 5.41) is 3.82. The SMILES string of the molecule is O=S1CCC(NC2CCC(c3ccccc3)CC2)CC1. The van der Waals surface area contributed by atoms with E-state index in [1.54, 1.807) is 0 Å². The van der Waals surface area contributed by atoms with Gasteiger partial charge in [-0.15, -0.1) is 0 Å². The molecule has 1 heterocycles. The van der Waals surface area contributed by atoms with Gasteiger partial charge in [-0.25, -0.2) is 0 Å². The van der Waals surface area contributed by atoms with E-state index >= 15 is 0 Å². The van der Waals surface area contributed by atoms with Crippen molar-refractivity contribution in [1.82, 2.24) is 5.32 Å². The predicted octanol–water partition coefficient (Wildman–Crippen LogP) is 3.21. The average molecular weight is 291 g/mol. The van der Waals surface area contributed by atoms with Gasteiger partial charge < -0.3 is 5.32 Å². The zero-order valence-corrected chi connectivity index (χ0v) is 12.9. The Balaban J connectivity index is 1.46. The van der Waals surface area contributed by atoms with Gasteiger partial charge in [-0.2, -0.15) is 0 Å². The Morgan fingerprint density at radius 2 is 1.45 bits per heavy atom. The molecule has 1 saturated heterocycles. The Kier molecular flexibility index (Phi) is 4.90. The molecule has 0 aromatic heterocycles. The second-order valence-corrected chi connectivity index (χ2v) is 7.94. The van der Waals surface area contributed by atoms with Crippen molar-refractivity contribution in [2.45, 2.75) is 56.5 Å². The Morgan fingerprint density at radius 1 is 0.850 bits per heavy atom. The third-order valence-electron chi connectivity index (χ3n) is 4.86. The molecule has 2 fully saturated rings. The van der Waals surface area contributed by atoms with E-state index in [9.17, 15) is 4.21 Å². The number of rotatable bonds is 3. The van der Waals surface area contributed by atoms with Crippen LogP contribution < -0.4 is 5.32 Å². The van der Waals surface area contributed by atoms with Gasteiger partial charge in [-0.05, 0) is 50.0 Å². The van der Waals surface area contributed by atoms with Gasteiger partial charge in [-0.3, -0.25) is 4.21 Å². The molecule has 0 spiro atoms. The molecule has 0 atom stereocenters. The van der Waals surface area contributed by atoms with Gasteiger partial charge in [0.25, 0.3) is 0 Å². The van der Waals surface area contributed by atoms with Crippen molar-refractivity contribution >= 4 is 10.8 Å². The normalized spacial score (nSPS) is 34.8. The van der Waals surface area contributed by atoms with Gasteiger partial charge in [0.1, 0.15) is 0 Å². The molecular weight excluding hydrogens is 266 g/mol. The van der Waals surface area contributed by atoms with Crippen molar-refractivity contribution in [1.29, 1.82) is 0 Å². The number of hydrogen-bond donors (Lipinski definition) is 1. The lowest BCUT2D eigenvalue weighted by atomic mass is 9.81. The molecule has 110 valence electrons. The lowest BCUT2D eigenvalue weighted by Crippen LogP contribution is -2.43. The minimum absolute atomic E-state index is 0.538. The highest BCUT2D eigenvalue weighted by Gasteiger charge is 2.25. The van der Waals surface area contributed by atoms with Crippen molar-refractivity contribution in [3.8, 4) is 0 Å². The molecule has 0 unspecified atom stereocenters. The van der Waals surface area contributed by atoms with Crippen molar-refractivity contribution in [3.63, 3.8) is 0 Å². The first kappa shape index (κ1) is 14.3. The fourth-order valence-electron chi connectivity index (χ4n) is 3.61. The standard InChI is InChI=1S/C17H25NOS/c19-20-12-10-17(11-13-20)18-16-8-6-15(7-9-16)14-4-2-1-3-5-14/h1-5,15-18H,6-13H2. The molecular formula is C17H25NOS. The Bertz CT molecular complexity index is 430. The summed E-state index contributed by atoms with van der Waals surface area (Å²) in [5.74, 6) is 2.56. The van der Waals surface area contributed by atoms with Crippen LogP contribution in [0.5, 0.6) is 0 Å². The summed E-state index contributed by atoms with van der Waals surface area (Å²) in [6.07, 6.45) is 7.40. The summed E-state index contributed by atoms with van der Waals surface area (Å²) in [7, 11) is -0.538. The highest BCUT2D eigenvalue weighted by Crippen LogP contribution is 2.33. The summed E-state index contributed by atoms with van der Waals surface area (Å²) in [5.41, 5.74) is 1.51. The van der Waals surface area contributed by atoms with Crippen LogP contribution in [0.25, 0.3) is 0 Å². The minimum atomic E-state index is -0.538. The van der Waals surface area contributed by atoms with Crippen molar-refractivity contribution < 1.29 is 4.21 Å². The van der Waals surface area contributed by atoms with Gasteiger partial charge in [-0.1, -0.05) is 30.3 Å². The summed E-state index contributed by atoms with van der Waals surface area (Å²) >= 11 is 0. The first-order valence-corrected chi connectivity index (χ1v) is 9.46. The first-order valence-electron chi connectivity index (χ1n) is 7.97. The first-order chi connectivity index (χ1) is 9.81. The molecule has 1 aliphatic heterocycles. The van der Waals surface area contributed by atoms with E-state index in [2.05, 4.69) is 35.6 Å². The topological polar surface area (TPSA) is 29.1 Å². The van der Waals surface area contributed by atoms with E-state index in [1.165, 1.54) is 31.2 Å². The molecule has 1 saturated carbocycles. The highest BCUT2D eigenvalue weighted by atomic mass is 32.2. The zero-order valence-electron chi connectivity index (χ0n) is 12.1. The van der Waals surface area contributed by atoms with Crippen LogP contribution in [0.2, 0.25) is 0 Å². The molecule has 3 rings (SSSR count). The zero-order chi connectivity index (χ0) is 13.8. The molecule has 2 nitrogen and oxygen atoms in total. The van der Waals surface area contributed by atoms with Crippen molar-refractivity contribution in [3.05, 3.63) is 35.9 Å². The maximum atomic E-state index is 11.4. The van der Waals surface area contributed by atoms with Crippen LogP contribution in [0.4, 0.5) is 0 Å². The van der Waals surface area contributed by atoms with Crippen LogP contribution in [0, 0.1) is 0 Å². The Morgan fingerprint density at radius 3 is 2.10 bits per heavy atom. The molecule has 0 amide bonds. The molecule has 0 bridgehead atoms. The van der Waals surface area contributed by atoms with E-state index in [4.69, 9.17) is 0 Å². The molecule has 0 radical (unpaired) electrons. The van der Waals surface area contributed by atoms with Gasteiger partial charge in [0.15, 0.2) is 0 Å². The molecule has 1 aliphatic carbocycles. The predicted molar refractivity (Wildman–Crippen MR) is 85.5 cm³/mol. The van der Waals surface area contributed by atoms with Crippen LogP contribution in [0.3, 0.4) is 0 Å². The third-order valence-corrected chi connectivity index (χ3v) is 6.24.